The van der Waals surface area contributed by atoms with Crippen LogP contribution in [0.1, 0.15) is 13.8 Å². The van der Waals surface area contributed by atoms with E-state index in [1.54, 1.807) is 18.0 Å². The third kappa shape index (κ3) is 7.61. The van der Waals surface area contributed by atoms with Crippen LogP contribution in [0.4, 0.5) is 4.79 Å². The molecule has 0 spiro atoms. The van der Waals surface area contributed by atoms with E-state index in [1.807, 2.05) is 20.1 Å². The predicted octanol–water partition coefficient (Wildman–Crippen LogP) is 1.63. The number of nitrogens with zero attached hydrogens (tertiary/aromatic N) is 1. The Labute approximate surface area is 82.9 Å². The van der Waals surface area contributed by atoms with Gasteiger partial charge in [0.15, 0.2) is 0 Å². The van der Waals surface area contributed by atoms with E-state index in [0.717, 1.165) is 0 Å². The van der Waals surface area contributed by atoms with Gasteiger partial charge in [0.25, 0.3) is 0 Å². The van der Waals surface area contributed by atoms with Gasteiger partial charge in [-0.15, -0.1) is 0 Å². The Hall–Kier alpha value is -0.750. The van der Waals surface area contributed by atoms with Crippen molar-refractivity contribution in [3.05, 3.63) is 0 Å². The summed E-state index contributed by atoms with van der Waals surface area (Å²) in [5, 5.41) is 5.81. The quantitative estimate of drug-likeness (QED) is 0.418. The van der Waals surface area contributed by atoms with Gasteiger partial charge in [-0.25, -0.2) is 4.79 Å². The molecule has 5 nitrogen and oxygen atoms in total. The maximum atomic E-state index is 10.5. The summed E-state index contributed by atoms with van der Waals surface area (Å²) in [6, 6.07) is 0. The summed E-state index contributed by atoms with van der Waals surface area (Å²) >= 11 is 1.63. The molecule has 0 radical (unpaired) electrons. The van der Waals surface area contributed by atoms with Gasteiger partial charge in [-0.3, -0.25) is 4.84 Å². The van der Waals surface area contributed by atoms with Gasteiger partial charge in [-0.1, -0.05) is 5.16 Å². The monoisotopic (exact) mass is 207 g/mol. The molecule has 0 aliphatic rings. The Morgan fingerprint density at radius 3 is 2.54 bits per heavy atom. The Bertz CT molecular complexity index is 183. The summed E-state index contributed by atoms with van der Waals surface area (Å²) < 4.78 is -0.103. The first-order chi connectivity index (χ1) is 5.52. The Balaban J connectivity index is 0. The van der Waals surface area contributed by atoms with Gasteiger partial charge in [0.1, 0.15) is 0 Å². The average molecular weight is 207 g/mol. The van der Waals surface area contributed by atoms with Crippen LogP contribution in [0.2, 0.25) is 0 Å². The van der Waals surface area contributed by atoms with E-state index in [4.69, 9.17) is 0 Å². The van der Waals surface area contributed by atoms with E-state index >= 15 is 0 Å². The summed E-state index contributed by atoms with van der Waals surface area (Å²) in [6.07, 6.45) is 3.00. The van der Waals surface area contributed by atoms with E-state index in [9.17, 15) is 4.79 Å². The van der Waals surface area contributed by atoms with Gasteiger partial charge in [-0.05, 0) is 20.1 Å². The van der Waals surface area contributed by atoms with Crippen LogP contribution in [-0.4, -0.2) is 30.4 Å². The zero-order chi connectivity index (χ0) is 9.61. The van der Waals surface area contributed by atoms with E-state index in [2.05, 4.69) is 15.3 Å². The molecule has 6 heteroatoms. The first kappa shape index (κ1) is 14.8. The first-order valence-corrected chi connectivity index (χ1v) is 4.72. The van der Waals surface area contributed by atoms with Crippen molar-refractivity contribution in [2.75, 3.05) is 13.3 Å². The molecule has 0 bridgehead atoms. The number of thioether (sulfide) groups is 1. The molecule has 0 rings (SSSR count). The second-order valence-electron chi connectivity index (χ2n) is 2.67. The lowest BCUT2D eigenvalue weighted by atomic mass is 10.2. The van der Waals surface area contributed by atoms with Gasteiger partial charge < -0.3 is 11.5 Å². The van der Waals surface area contributed by atoms with Gasteiger partial charge in [0.2, 0.25) is 0 Å². The zero-order valence-electron chi connectivity index (χ0n) is 8.46. The highest BCUT2D eigenvalue weighted by Gasteiger charge is 2.12. The fraction of sp³-hybridized carbons (Fsp3) is 0.714. The topological polar surface area (TPSA) is 85.7 Å². The lowest BCUT2D eigenvalue weighted by Crippen LogP contribution is -2.19. The summed E-state index contributed by atoms with van der Waals surface area (Å²) in [6.45, 7) is 3.96. The highest BCUT2D eigenvalue weighted by Crippen LogP contribution is 2.17. The van der Waals surface area contributed by atoms with Crippen molar-refractivity contribution in [1.29, 1.82) is 0 Å². The number of hydrogen-bond donors (Lipinski definition) is 2. The van der Waals surface area contributed by atoms with Crippen molar-refractivity contribution in [3.63, 3.8) is 0 Å². The molecule has 0 aromatic rings. The van der Waals surface area contributed by atoms with Gasteiger partial charge >= 0.3 is 6.09 Å². The van der Waals surface area contributed by atoms with Crippen LogP contribution < -0.4 is 11.5 Å². The SMILES string of the molecule is CNC(=O)O/N=C/C(C)(C)SC.N. The van der Waals surface area contributed by atoms with Crippen LogP contribution in [-0.2, 0) is 4.84 Å². The van der Waals surface area contributed by atoms with Crippen molar-refractivity contribution in [2.45, 2.75) is 18.6 Å². The Morgan fingerprint density at radius 2 is 2.15 bits per heavy atom. The molecule has 0 aromatic carbocycles. The van der Waals surface area contributed by atoms with E-state index < -0.39 is 6.09 Å². The molecule has 78 valence electrons. The first-order valence-electron chi connectivity index (χ1n) is 3.50. The molecule has 0 aliphatic heterocycles. The van der Waals surface area contributed by atoms with Crippen LogP contribution in [0.5, 0.6) is 0 Å². The predicted molar refractivity (Wildman–Crippen MR) is 56.6 cm³/mol. The number of nitrogens with one attached hydrogen (secondary N) is 1. The minimum absolute atomic E-state index is 0. The van der Waals surface area contributed by atoms with Crippen molar-refractivity contribution in [2.24, 2.45) is 5.16 Å². The number of rotatable bonds is 3. The fourth-order valence-electron chi connectivity index (χ4n) is 0.299. The van der Waals surface area contributed by atoms with Gasteiger partial charge in [-0.2, -0.15) is 11.8 Å². The minimum atomic E-state index is -0.553. The number of oxime groups is 1. The molecular weight excluding hydrogens is 190 g/mol. The summed E-state index contributed by atoms with van der Waals surface area (Å²) in [4.78, 5) is 15.0. The van der Waals surface area contributed by atoms with Crippen molar-refractivity contribution in [3.8, 4) is 0 Å². The van der Waals surface area contributed by atoms with Gasteiger partial charge in [0.05, 0.1) is 6.21 Å². The normalized spacial score (nSPS) is 10.8. The molecule has 0 heterocycles. The lowest BCUT2D eigenvalue weighted by molar-refractivity contribution is 0.153. The largest absolute Gasteiger partial charge is 0.433 e. The molecule has 0 fully saturated rings. The number of hydrogen-bond acceptors (Lipinski definition) is 5. The van der Waals surface area contributed by atoms with Crippen LogP contribution >= 0.6 is 11.8 Å². The number of carbonyl (C=O) groups excluding carboxylic acids is 1. The van der Waals surface area contributed by atoms with Crippen molar-refractivity contribution < 1.29 is 9.63 Å². The third-order valence-corrected chi connectivity index (χ3v) is 2.39. The number of amides is 1. The molecule has 0 atom stereocenters. The minimum Gasteiger partial charge on any atom is -0.344 e. The summed E-state index contributed by atoms with van der Waals surface area (Å²) in [5.41, 5.74) is 0. The molecule has 1 amide bonds. The highest BCUT2D eigenvalue weighted by atomic mass is 32.2. The second kappa shape index (κ2) is 6.73. The van der Waals surface area contributed by atoms with Gasteiger partial charge in [0, 0.05) is 11.8 Å². The van der Waals surface area contributed by atoms with E-state index in [-0.39, 0.29) is 10.9 Å². The van der Waals surface area contributed by atoms with Crippen molar-refractivity contribution >= 4 is 24.1 Å². The summed E-state index contributed by atoms with van der Waals surface area (Å²) in [5.74, 6) is 0. The molecule has 0 unspecified atom stereocenters. The Morgan fingerprint density at radius 1 is 1.62 bits per heavy atom. The Kier molecular flexibility index (Phi) is 7.64. The molecular formula is C7H17N3O2S. The lowest BCUT2D eigenvalue weighted by Gasteiger charge is -2.13. The van der Waals surface area contributed by atoms with Crippen molar-refractivity contribution in [1.82, 2.24) is 11.5 Å². The molecule has 0 aliphatic carbocycles. The molecule has 0 aromatic heterocycles. The van der Waals surface area contributed by atoms with E-state index in [0.29, 0.717) is 0 Å². The fourth-order valence-corrected chi connectivity index (χ4v) is 0.448. The number of carbonyl (C=O) groups is 1. The van der Waals surface area contributed by atoms with E-state index in [1.165, 1.54) is 7.05 Å². The maximum Gasteiger partial charge on any atom is 0.433 e. The van der Waals surface area contributed by atoms with Crippen LogP contribution in [0.3, 0.4) is 0 Å². The summed E-state index contributed by atoms with van der Waals surface area (Å²) in [7, 11) is 1.48. The third-order valence-electron chi connectivity index (χ3n) is 1.23. The smallest absolute Gasteiger partial charge is 0.344 e. The van der Waals surface area contributed by atoms with Crippen LogP contribution in [0.25, 0.3) is 0 Å². The van der Waals surface area contributed by atoms with Crippen LogP contribution in [0, 0.1) is 0 Å². The van der Waals surface area contributed by atoms with Crippen LogP contribution in [0.15, 0.2) is 5.16 Å². The standard InChI is InChI=1S/C7H14N2O2S.H3N/c1-7(2,12-4)5-9-11-6(10)8-3;/h5H,1-4H3,(H,8,10);1H3/b9-5+;. The zero-order valence-corrected chi connectivity index (χ0v) is 9.27. The maximum absolute atomic E-state index is 10.5. The molecule has 0 saturated carbocycles. The average Bonchev–Trinajstić information content (AvgIpc) is 2.04. The molecule has 4 N–H and O–H groups in total. The highest BCUT2D eigenvalue weighted by molar-refractivity contribution is 8.00. The second-order valence-corrected chi connectivity index (χ2v) is 4.13. The molecule has 13 heavy (non-hydrogen) atoms. The molecule has 0 saturated heterocycles.